The van der Waals surface area contributed by atoms with Crippen LogP contribution in [0, 0.1) is 19.7 Å². The van der Waals surface area contributed by atoms with E-state index in [1.165, 1.54) is 66.3 Å². The smallest absolute Gasteiger partial charge is 0.207 e. The third-order valence-corrected chi connectivity index (χ3v) is 12.6. The molecule has 0 amide bonds. The first kappa shape index (κ1) is 32.8. The number of aryl methyl sites for hydroxylation is 4. The predicted molar refractivity (Wildman–Crippen MR) is 205 cm³/mol. The van der Waals surface area contributed by atoms with E-state index in [0.29, 0.717) is 0 Å². The number of aromatic nitrogens is 2. The van der Waals surface area contributed by atoms with Crippen LogP contribution in [-0.2, 0) is 23.9 Å². The molecule has 8 rings (SSSR count). The van der Waals surface area contributed by atoms with Gasteiger partial charge in [-0.25, -0.2) is 4.39 Å². The Hall–Kier alpha value is -4.37. The zero-order valence-electron chi connectivity index (χ0n) is 31.0. The lowest BCUT2D eigenvalue weighted by atomic mass is 9.62. The Bertz CT molecular complexity index is 2310. The van der Waals surface area contributed by atoms with E-state index in [1.807, 2.05) is 0 Å². The number of fused-ring (bicyclic) bond motifs is 1. The van der Waals surface area contributed by atoms with E-state index < -0.39 is 5.41 Å². The molecule has 4 aromatic carbocycles. The van der Waals surface area contributed by atoms with Gasteiger partial charge in [-0.1, -0.05) is 95.1 Å². The van der Waals surface area contributed by atoms with Crippen molar-refractivity contribution in [2.24, 2.45) is 0 Å². The number of rotatable bonds is 9. The zero-order chi connectivity index (χ0) is 34.9. The predicted octanol–water partition coefficient (Wildman–Crippen LogP) is 11.3. The standard InChI is InChI=1S/C47H51FN2/c1-8-11-14-32-28-34-22-26-50-45-41(34)39(29-32)46(6,7)43-40(48)20-19-36(42(43)45)38(47(50,9-2)10-3)23-25-49-24-21-33-15-12-13-16-35(33)44(49)37-27-30(4)17-18-31(37)5/h12-13,15-22,24,26-29,38H,8-11,14,23,25H2,1-7H3/q+2. The molecule has 0 bridgehead atoms. The van der Waals surface area contributed by atoms with Crippen molar-refractivity contribution in [1.82, 2.24) is 0 Å². The van der Waals surface area contributed by atoms with Gasteiger partial charge in [0.2, 0.25) is 11.4 Å². The SMILES string of the molecule is CCCCc1cc2c3c4[n+](ccc3c1)C(CC)(CC)C(CC[n+]1ccc3ccccc3c1-c1cc(C)ccc1C)c1ccc(F)c(c1-4)C2(C)C. The normalized spacial score (nSPS) is 16.7. The van der Waals surface area contributed by atoms with Crippen molar-refractivity contribution in [3.63, 3.8) is 0 Å². The van der Waals surface area contributed by atoms with Crippen molar-refractivity contribution in [1.29, 1.82) is 0 Å². The molecule has 0 fully saturated rings. The number of nitrogens with zero attached hydrogens (tertiary/aromatic N) is 2. The largest absolute Gasteiger partial charge is 0.221 e. The summed E-state index contributed by atoms with van der Waals surface area (Å²) >= 11 is 0. The molecule has 2 aliphatic rings. The second kappa shape index (κ2) is 12.1. The topological polar surface area (TPSA) is 7.76 Å². The van der Waals surface area contributed by atoms with Crippen molar-refractivity contribution >= 4 is 21.5 Å². The number of halogens is 1. The summed E-state index contributed by atoms with van der Waals surface area (Å²) in [6.07, 6.45) is 11.0. The van der Waals surface area contributed by atoms with E-state index in [9.17, 15) is 0 Å². The summed E-state index contributed by atoms with van der Waals surface area (Å²) in [4.78, 5) is 0. The highest BCUT2D eigenvalue weighted by molar-refractivity contribution is 6.01. The maximum Gasteiger partial charge on any atom is 0.221 e. The van der Waals surface area contributed by atoms with E-state index in [-0.39, 0.29) is 17.3 Å². The second-order valence-corrected chi connectivity index (χ2v) is 15.7. The Morgan fingerprint density at radius 3 is 2.36 bits per heavy atom. The third-order valence-electron chi connectivity index (χ3n) is 12.6. The van der Waals surface area contributed by atoms with Gasteiger partial charge >= 0.3 is 0 Å². The molecule has 1 atom stereocenters. The third kappa shape index (κ3) is 4.72. The first-order valence-electron chi connectivity index (χ1n) is 19.0. The molecule has 254 valence electrons. The van der Waals surface area contributed by atoms with Gasteiger partial charge in [-0.05, 0) is 77.9 Å². The number of unbranched alkanes of at least 4 members (excludes halogenated alkanes) is 1. The molecule has 3 heterocycles. The Kier molecular flexibility index (Phi) is 7.97. The van der Waals surface area contributed by atoms with E-state index in [0.717, 1.165) is 56.2 Å². The number of hydrogen-bond donors (Lipinski definition) is 0. The maximum atomic E-state index is 16.5. The second-order valence-electron chi connectivity index (χ2n) is 15.7. The first-order chi connectivity index (χ1) is 24.1. The highest BCUT2D eigenvalue weighted by Gasteiger charge is 2.55. The van der Waals surface area contributed by atoms with Crippen LogP contribution in [0.25, 0.3) is 44.1 Å². The van der Waals surface area contributed by atoms with Gasteiger partial charge in [0.15, 0.2) is 17.9 Å². The monoisotopic (exact) mass is 662 g/mol. The average Bonchev–Trinajstić information content (AvgIpc) is 3.12. The summed E-state index contributed by atoms with van der Waals surface area (Å²) < 4.78 is 21.6. The molecule has 2 aromatic heterocycles. The molecule has 0 N–H and O–H groups in total. The van der Waals surface area contributed by atoms with Crippen LogP contribution in [0.2, 0.25) is 0 Å². The Balaban J connectivity index is 1.34. The van der Waals surface area contributed by atoms with Gasteiger partial charge in [0.25, 0.3) is 0 Å². The highest BCUT2D eigenvalue weighted by Crippen LogP contribution is 2.56. The molecule has 1 aliphatic heterocycles. The van der Waals surface area contributed by atoms with Gasteiger partial charge < -0.3 is 0 Å². The molecule has 0 spiro atoms. The minimum Gasteiger partial charge on any atom is -0.207 e. The van der Waals surface area contributed by atoms with Gasteiger partial charge in [-0.2, -0.15) is 9.13 Å². The van der Waals surface area contributed by atoms with Gasteiger partial charge in [0.1, 0.15) is 12.4 Å². The lowest BCUT2D eigenvalue weighted by Gasteiger charge is -2.44. The molecule has 6 aromatic rings. The fourth-order valence-electron chi connectivity index (χ4n) is 9.96. The zero-order valence-corrected chi connectivity index (χ0v) is 31.0. The van der Waals surface area contributed by atoms with Crippen molar-refractivity contribution in [2.75, 3.05) is 0 Å². The minimum atomic E-state index is -0.450. The van der Waals surface area contributed by atoms with E-state index in [4.69, 9.17) is 0 Å². The summed E-state index contributed by atoms with van der Waals surface area (Å²) in [6.45, 7) is 16.8. The van der Waals surface area contributed by atoms with Crippen LogP contribution in [0.4, 0.5) is 4.39 Å². The molecule has 0 saturated carbocycles. The fraction of sp³-hybridized carbons (Fsp3) is 0.362. The summed E-state index contributed by atoms with van der Waals surface area (Å²) in [5, 5.41) is 5.15. The van der Waals surface area contributed by atoms with Crippen LogP contribution in [0.15, 0.2) is 91.3 Å². The number of benzene rings is 4. The van der Waals surface area contributed by atoms with Crippen molar-refractivity contribution < 1.29 is 13.5 Å². The van der Waals surface area contributed by atoms with Gasteiger partial charge in [0, 0.05) is 47.9 Å². The van der Waals surface area contributed by atoms with E-state index >= 15 is 4.39 Å². The van der Waals surface area contributed by atoms with Crippen LogP contribution >= 0.6 is 0 Å². The molecule has 1 aliphatic carbocycles. The molecule has 2 nitrogen and oxygen atoms in total. The molecular formula is C47H51FN2+2. The van der Waals surface area contributed by atoms with Crippen LogP contribution < -0.4 is 9.13 Å². The Morgan fingerprint density at radius 2 is 1.58 bits per heavy atom. The number of hydrogen-bond acceptors (Lipinski definition) is 0. The quantitative estimate of drug-likeness (QED) is 0.136. The Labute approximate surface area is 297 Å². The first-order valence-corrected chi connectivity index (χ1v) is 19.0. The molecule has 3 heteroatoms. The molecule has 0 radical (unpaired) electrons. The fourth-order valence-corrected chi connectivity index (χ4v) is 9.96. The lowest BCUT2D eigenvalue weighted by molar-refractivity contribution is -0.764. The molecule has 50 heavy (non-hydrogen) atoms. The lowest BCUT2D eigenvalue weighted by Crippen LogP contribution is -2.63. The number of pyridine rings is 2. The van der Waals surface area contributed by atoms with Crippen molar-refractivity contribution in [3.8, 4) is 22.5 Å². The Morgan fingerprint density at radius 1 is 0.800 bits per heavy atom. The summed E-state index contributed by atoms with van der Waals surface area (Å²) in [6, 6.07) is 29.0. The van der Waals surface area contributed by atoms with E-state index in [1.54, 1.807) is 6.07 Å². The highest BCUT2D eigenvalue weighted by atomic mass is 19.1. The van der Waals surface area contributed by atoms with Gasteiger partial charge in [0.05, 0.1) is 22.3 Å². The summed E-state index contributed by atoms with van der Waals surface area (Å²) in [7, 11) is 0. The van der Waals surface area contributed by atoms with Crippen LogP contribution in [0.1, 0.15) is 106 Å². The molecule has 1 unspecified atom stereocenters. The van der Waals surface area contributed by atoms with Crippen LogP contribution in [0.3, 0.4) is 0 Å². The summed E-state index contributed by atoms with van der Waals surface area (Å²) in [5.41, 5.74) is 11.8. The minimum absolute atomic E-state index is 0.0812. The maximum absolute atomic E-state index is 16.5. The molecule has 0 saturated heterocycles. The summed E-state index contributed by atoms with van der Waals surface area (Å²) in [5.74, 6) is 0.135. The van der Waals surface area contributed by atoms with Gasteiger partial charge in [-0.15, -0.1) is 0 Å². The van der Waals surface area contributed by atoms with E-state index in [2.05, 4.69) is 143 Å². The average molecular weight is 663 g/mol. The van der Waals surface area contributed by atoms with Crippen molar-refractivity contribution in [3.05, 3.63) is 130 Å². The van der Waals surface area contributed by atoms with Crippen molar-refractivity contribution in [2.45, 2.75) is 110 Å². The molecular weight excluding hydrogens is 612 g/mol. The van der Waals surface area contributed by atoms with Crippen LogP contribution in [-0.4, -0.2) is 0 Å². The van der Waals surface area contributed by atoms with Crippen LogP contribution in [0.5, 0.6) is 0 Å². The van der Waals surface area contributed by atoms with Gasteiger partial charge in [-0.3, -0.25) is 0 Å².